The van der Waals surface area contributed by atoms with E-state index >= 15 is 0 Å². The van der Waals surface area contributed by atoms with Gasteiger partial charge in [-0.1, -0.05) is 24.9 Å². The summed E-state index contributed by atoms with van der Waals surface area (Å²) in [4.78, 5) is 8.22. The first-order chi connectivity index (χ1) is 7.78. The highest BCUT2D eigenvalue weighted by atomic mass is 35.5. The summed E-state index contributed by atoms with van der Waals surface area (Å²) in [5.74, 6) is 1.72. The van der Waals surface area contributed by atoms with Gasteiger partial charge in [-0.3, -0.25) is 4.98 Å². The molecule has 1 heterocycles. The summed E-state index contributed by atoms with van der Waals surface area (Å²) >= 11 is 5.79. The highest BCUT2D eigenvalue weighted by Gasteiger charge is 2.19. The van der Waals surface area contributed by atoms with Crippen LogP contribution in [0.4, 0.5) is 5.82 Å². The van der Waals surface area contributed by atoms with Gasteiger partial charge in [0.1, 0.15) is 11.0 Å². The Morgan fingerprint density at radius 3 is 2.69 bits per heavy atom. The van der Waals surface area contributed by atoms with E-state index in [4.69, 9.17) is 11.6 Å². The molecule has 0 unspecified atom stereocenters. The summed E-state index contributed by atoms with van der Waals surface area (Å²) in [5.41, 5.74) is 0. The minimum atomic E-state index is 0.451. The molecule has 1 saturated carbocycles. The van der Waals surface area contributed by atoms with Crippen molar-refractivity contribution in [2.75, 3.05) is 5.32 Å². The van der Waals surface area contributed by atoms with Crippen LogP contribution in [0, 0.1) is 5.92 Å². The molecular weight excluding hydrogens is 222 g/mol. The van der Waals surface area contributed by atoms with Gasteiger partial charge in [0, 0.05) is 6.04 Å². The van der Waals surface area contributed by atoms with Gasteiger partial charge in [0.05, 0.1) is 12.4 Å². The Morgan fingerprint density at radius 1 is 1.31 bits per heavy atom. The molecule has 1 aliphatic rings. The molecule has 1 fully saturated rings. The van der Waals surface area contributed by atoms with Gasteiger partial charge in [0.25, 0.3) is 0 Å². The lowest BCUT2D eigenvalue weighted by molar-refractivity contribution is 0.330. The number of hydrogen-bond donors (Lipinski definition) is 1. The van der Waals surface area contributed by atoms with Crippen LogP contribution in [0.1, 0.15) is 39.0 Å². The van der Waals surface area contributed by atoms with Crippen LogP contribution >= 0.6 is 11.6 Å². The third-order valence-electron chi connectivity index (χ3n) is 3.38. The van der Waals surface area contributed by atoms with Crippen molar-refractivity contribution >= 4 is 17.4 Å². The summed E-state index contributed by atoms with van der Waals surface area (Å²) < 4.78 is 0. The Bertz CT molecular complexity index is 335. The van der Waals surface area contributed by atoms with Crippen LogP contribution < -0.4 is 5.32 Å². The smallest absolute Gasteiger partial charge is 0.149 e. The lowest BCUT2D eigenvalue weighted by Crippen LogP contribution is -2.26. The molecule has 0 bridgehead atoms. The van der Waals surface area contributed by atoms with E-state index in [0.717, 1.165) is 11.7 Å². The van der Waals surface area contributed by atoms with Gasteiger partial charge in [-0.05, 0) is 31.6 Å². The number of nitrogens with one attached hydrogen (secondary N) is 1. The molecule has 2 rings (SSSR count). The molecule has 0 spiro atoms. The maximum absolute atomic E-state index is 5.79. The Balaban J connectivity index is 1.87. The molecule has 0 aliphatic heterocycles. The van der Waals surface area contributed by atoms with E-state index in [0.29, 0.717) is 11.2 Å². The van der Waals surface area contributed by atoms with E-state index in [1.165, 1.54) is 32.1 Å². The minimum Gasteiger partial charge on any atom is -0.366 e. The largest absolute Gasteiger partial charge is 0.366 e. The average molecular weight is 240 g/mol. The first-order valence-corrected chi connectivity index (χ1v) is 6.39. The van der Waals surface area contributed by atoms with Crippen LogP contribution in [-0.4, -0.2) is 16.0 Å². The van der Waals surface area contributed by atoms with Crippen LogP contribution in [0.2, 0.25) is 5.15 Å². The van der Waals surface area contributed by atoms with Gasteiger partial charge in [-0.2, -0.15) is 0 Å². The molecule has 0 amide bonds. The Kier molecular flexibility index (Phi) is 3.99. The lowest BCUT2D eigenvalue weighted by atomic mass is 9.84. The molecule has 16 heavy (non-hydrogen) atoms. The average Bonchev–Trinajstić information content (AvgIpc) is 2.30. The predicted molar refractivity (Wildman–Crippen MR) is 66.7 cm³/mol. The van der Waals surface area contributed by atoms with E-state index in [-0.39, 0.29) is 0 Å². The van der Waals surface area contributed by atoms with E-state index in [9.17, 15) is 0 Å². The fourth-order valence-corrected chi connectivity index (χ4v) is 2.48. The Hall–Kier alpha value is -0.830. The second-order valence-corrected chi connectivity index (χ2v) is 4.88. The molecule has 1 aliphatic carbocycles. The molecule has 1 N–H and O–H groups in total. The molecule has 4 heteroatoms. The van der Waals surface area contributed by atoms with Crippen molar-refractivity contribution in [1.82, 2.24) is 9.97 Å². The minimum absolute atomic E-state index is 0.451. The lowest BCUT2D eigenvalue weighted by Gasteiger charge is -2.28. The number of rotatable bonds is 3. The number of halogens is 1. The quantitative estimate of drug-likeness (QED) is 0.877. The second kappa shape index (κ2) is 5.48. The molecular formula is C12H18ClN3. The van der Waals surface area contributed by atoms with Gasteiger partial charge >= 0.3 is 0 Å². The van der Waals surface area contributed by atoms with E-state index < -0.39 is 0 Å². The molecule has 1 aromatic rings. The Morgan fingerprint density at radius 2 is 2.06 bits per heavy atom. The van der Waals surface area contributed by atoms with Crippen molar-refractivity contribution in [3.05, 3.63) is 17.5 Å². The molecule has 0 saturated heterocycles. The maximum atomic E-state index is 5.79. The topological polar surface area (TPSA) is 37.8 Å². The summed E-state index contributed by atoms with van der Waals surface area (Å²) in [5, 5.41) is 3.86. The first kappa shape index (κ1) is 11.6. The number of nitrogens with zero attached hydrogens (tertiary/aromatic N) is 2. The number of hydrogen-bond acceptors (Lipinski definition) is 3. The predicted octanol–water partition coefficient (Wildman–Crippen LogP) is 3.51. The van der Waals surface area contributed by atoms with Gasteiger partial charge in [0.2, 0.25) is 0 Å². The third-order valence-corrected chi connectivity index (χ3v) is 3.56. The van der Waals surface area contributed by atoms with Crippen LogP contribution in [-0.2, 0) is 0 Å². The molecule has 0 atom stereocenters. The van der Waals surface area contributed by atoms with Gasteiger partial charge in [-0.25, -0.2) is 4.98 Å². The molecule has 0 radical (unpaired) electrons. The summed E-state index contributed by atoms with van der Waals surface area (Å²) in [6.07, 6.45) is 9.70. The Labute approximate surface area is 102 Å². The van der Waals surface area contributed by atoms with E-state index in [1.54, 1.807) is 12.4 Å². The van der Waals surface area contributed by atoms with Gasteiger partial charge < -0.3 is 5.32 Å². The van der Waals surface area contributed by atoms with Crippen molar-refractivity contribution in [2.45, 2.75) is 45.1 Å². The van der Waals surface area contributed by atoms with Gasteiger partial charge in [0.15, 0.2) is 0 Å². The monoisotopic (exact) mass is 239 g/mol. The number of anilines is 1. The van der Waals surface area contributed by atoms with Crippen molar-refractivity contribution < 1.29 is 0 Å². The summed E-state index contributed by atoms with van der Waals surface area (Å²) in [6, 6.07) is 0.538. The summed E-state index contributed by atoms with van der Waals surface area (Å²) in [6.45, 7) is 2.28. The zero-order chi connectivity index (χ0) is 11.4. The van der Waals surface area contributed by atoms with Crippen molar-refractivity contribution in [3.8, 4) is 0 Å². The zero-order valence-corrected chi connectivity index (χ0v) is 10.4. The standard InChI is InChI=1S/C12H18ClN3/c1-2-9-3-5-10(6-4-9)15-12-8-14-7-11(13)16-12/h7-10H,2-6H2,1H3,(H,15,16). The molecule has 88 valence electrons. The highest BCUT2D eigenvalue weighted by Crippen LogP contribution is 2.28. The van der Waals surface area contributed by atoms with E-state index in [2.05, 4.69) is 22.2 Å². The second-order valence-electron chi connectivity index (χ2n) is 4.50. The van der Waals surface area contributed by atoms with E-state index in [1.807, 2.05) is 0 Å². The van der Waals surface area contributed by atoms with Crippen LogP contribution in [0.15, 0.2) is 12.4 Å². The van der Waals surface area contributed by atoms with Crippen LogP contribution in [0.25, 0.3) is 0 Å². The van der Waals surface area contributed by atoms with Crippen LogP contribution in [0.3, 0.4) is 0 Å². The van der Waals surface area contributed by atoms with Crippen molar-refractivity contribution in [3.63, 3.8) is 0 Å². The van der Waals surface area contributed by atoms with Crippen molar-refractivity contribution in [2.24, 2.45) is 5.92 Å². The maximum Gasteiger partial charge on any atom is 0.149 e. The molecule has 1 aromatic heterocycles. The van der Waals surface area contributed by atoms with Crippen molar-refractivity contribution in [1.29, 1.82) is 0 Å². The highest BCUT2D eigenvalue weighted by molar-refractivity contribution is 6.29. The third kappa shape index (κ3) is 3.08. The summed E-state index contributed by atoms with van der Waals surface area (Å²) in [7, 11) is 0. The normalized spacial score (nSPS) is 25.4. The molecule has 3 nitrogen and oxygen atoms in total. The first-order valence-electron chi connectivity index (χ1n) is 6.02. The van der Waals surface area contributed by atoms with Crippen LogP contribution in [0.5, 0.6) is 0 Å². The fourth-order valence-electron chi connectivity index (χ4n) is 2.34. The zero-order valence-electron chi connectivity index (χ0n) is 9.62. The fraction of sp³-hybridized carbons (Fsp3) is 0.667. The van der Waals surface area contributed by atoms with Gasteiger partial charge in [-0.15, -0.1) is 0 Å². The SMILES string of the molecule is CCC1CCC(Nc2cncc(Cl)n2)CC1. The molecule has 0 aromatic carbocycles. The number of aromatic nitrogens is 2.